The Morgan fingerprint density at radius 3 is 2.67 bits per heavy atom. The largest absolute Gasteiger partial charge is 0.292 e. The van der Waals surface area contributed by atoms with Crippen LogP contribution < -0.4 is 4.72 Å². The number of hydrogen-bond donors (Lipinski definition) is 1. The monoisotopic (exact) mass is 331 g/mol. The molecule has 0 spiro atoms. The highest BCUT2D eigenvalue weighted by molar-refractivity contribution is 9.10. The van der Waals surface area contributed by atoms with Gasteiger partial charge in [0.05, 0.1) is 16.6 Å². The zero-order valence-electron chi connectivity index (χ0n) is 10.3. The van der Waals surface area contributed by atoms with Crippen LogP contribution in [0.15, 0.2) is 22.9 Å². The van der Waals surface area contributed by atoms with Crippen molar-refractivity contribution in [2.24, 2.45) is 0 Å². The Morgan fingerprint density at radius 1 is 1.39 bits per heavy atom. The Morgan fingerprint density at radius 2 is 2.06 bits per heavy atom. The third-order valence-electron chi connectivity index (χ3n) is 2.60. The average Bonchev–Trinajstić information content (AvgIpc) is 2.55. The van der Waals surface area contributed by atoms with Crippen LogP contribution in [0.3, 0.4) is 0 Å². The summed E-state index contributed by atoms with van der Waals surface area (Å²) in [6, 6.07) is 3.48. The molecule has 0 unspecified atom stereocenters. The minimum atomic E-state index is -3.32. The molecule has 98 valence electrons. The molecule has 0 aromatic carbocycles. The molecule has 0 saturated heterocycles. The fourth-order valence-corrected chi connectivity index (χ4v) is 2.53. The highest BCUT2D eigenvalue weighted by atomic mass is 79.9. The van der Waals surface area contributed by atoms with Gasteiger partial charge in [0.1, 0.15) is 10.3 Å². The smallest absolute Gasteiger partial charge is 0.235 e. The van der Waals surface area contributed by atoms with Crippen molar-refractivity contribution >= 4 is 37.3 Å². The number of aryl methyl sites for hydroxylation is 1. The van der Waals surface area contributed by atoms with Crippen LogP contribution in [0.2, 0.25) is 0 Å². The molecule has 0 fully saturated rings. The van der Waals surface area contributed by atoms with Crippen molar-refractivity contribution in [1.82, 2.24) is 9.38 Å². The molecule has 0 aliphatic rings. The van der Waals surface area contributed by atoms with Crippen molar-refractivity contribution in [2.45, 2.75) is 26.0 Å². The number of nitrogens with one attached hydrogen (secondary N) is 1. The number of sulfonamides is 1. The molecule has 0 aliphatic carbocycles. The van der Waals surface area contributed by atoms with Gasteiger partial charge in [0.15, 0.2) is 0 Å². The first-order valence-electron chi connectivity index (χ1n) is 5.47. The normalized spacial score (nSPS) is 12.3. The zero-order chi connectivity index (χ0) is 13.5. The number of anilines is 1. The van der Waals surface area contributed by atoms with E-state index in [1.807, 2.05) is 6.92 Å². The van der Waals surface area contributed by atoms with Crippen molar-refractivity contribution in [3.63, 3.8) is 0 Å². The van der Waals surface area contributed by atoms with E-state index >= 15 is 0 Å². The predicted octanol–water partition coefficient (Wildman–Crippen LogP) is 2.56. The molecule has 1 N–H and O–H groups in total. The Kier molecular flexibility index (Phi) is 3.37. The summed E-state index contributed by atoms with van der Waals surface area (Å²) in [5.74, 6) is 0. The second-order valence-electron chi connectivity index (χ2n) is 4.33. The number of pyridine rings is 1. The molecule has 0 atom stereocenters. The Bertz CT molecular complexity index is 692. The zero-order valence-corrected chi connectivity index (χ0v) is 12.7. The summed E-state index contributed by atoms with van der Waals surface area (Å²) in [4.78, 5) is 4.32. The molecule has 0 bridgehead atoms. The highest BCUT2D eigenvalue weighted by Crippen LogP contribution is 2.21. The summed E-state index contributed by atoms with van der Waals surface area (Å²) in [5.41, 5.74) is 2.15. The Hall–Kier alpha value is -1.08. The maximum Gasteiger partial charge on any atom is 0.235 e. The van der Waals surface area contributed by atoms with Gasteiger partial charge in [-0.25, -0.2) is 13.4 Å². The fraction of sp³-hybridized carbons (Fsp3) is 0.364. The number of rotatable bonds is 3. The molecular weight excluding hydrogens is 318 g/mol. The lowest BCUT2D eigenvalue weighted by Gasteiger charge is -2.10. The van der Waals surface area contributed by atoms with E-state index in [0.717, 1.165) is 15.9 Å². The lowest BCUT2D eigenvalue weighted by molar-refractivity contribution is 0.592. The predicted molar refractivity (Wildman–Crippen MR) is 75.3 cm³/mol. The van der Waals surface area contributed by atoms with E-state index in [9.17, 15) is 8.42 Å². The summed E-state index contributed by atoms with van der Waals surface area (Å²) in [5, 5.41) is -0.471. The van der Waals surface area contributed by atoms with Crippen LogP contribution in [0.1, 0.15) is 19.5 Å². The Labute approximate surface area is 114 Å². The number of aromatic nitrogens is 2. The first-order valence-corrected chi connectivity index (χ1v) is 7.81. The molecule has 18 heavy (non-hydrogen) atoms. The average molecular weight is 332 g/mol. The van der Waals surface area contributed by atoms with Crippen molar-refractivity contribution < 1.29 is 8.42 Å². The molecule has 0 saturated carbocycles. The molecular formula is C11H14BrN3O2S. The quantitative estimate of drug-likeness (QED) is 0.940. The van der Waals surface area contributed by atoms with Gasteiger partial charge >= 0.3 is 0 Å². The van der Waals surface area contributed by atoms with Gasteiger partial charge in [0, 0.05) is 6.20 Å². The van der Waals surface area contributed by atoms with Crippen LogP contribution in [-0.2, 0) is 10.0 Å². The van der Waals surface area contributed by atoms with Gasteiger partial charge in [-0.3, -0.25) is 9.12 Å². The number of imidazole rings is 1. The van der Waals surface area contributed by atoms with E-state index in [1.54, 1.807) is 36.6 Å². The topological polar surface area (TPSA) is 63.5 Å². The van der Waals surface area contributed by atoms with Crippen LogP contribution in [0, 0.1) is 6.92 Å². The number of fused-ring (bicyclic) bond motifs is 1. The lowest BCUT2D eigenvalue weighted by atomic mass is 10.4. The second-order valence-corrected chi connectivity index (χ2v) is 7.32. The number of halogens is 1. The van der Waals surface area contributed by atoms with Crippen molar-refractivity contribution in [1.29, 1.82) is 0 Å². The Balaban J connectivity index is 2.45. The second kappa shape index (κ2) is 4.55. The van der Waals surface area contributed by atoms with Crippen LogP contribution in [-0.4, -0.2) is 23.1 Å². The van der Waals surface area contributed by atoms with Gasteiger partial charge in [0.2, 0.25) is 10.0 Å². The minimum Gasteiger partial charge on any atom is -0.292 e. The van der Waals surface area contributed by atoms with Crippen molar-refractivity contribution in [2.75, 3.05) is 4.72 Å². The fourth-order valence-electron chi connectivity index (χ4n) is 1.48. The minimum absolute atomic E-state index is 0.471. The van der Waals surface area contributed by atoms with E-state index in [2.05, 4.69) is 25.6 Å². The van der Waals surface area contributed by atoms with Crippen molar-refractivity contribution in [3.05, 3.63) is 28.6 Å². The molecule has 2 rings (SSSR count). The molecule has 2 aromatic rings. The summed E-state index contributed by atoms with van der Waals surface area (Å²) in [6.45, 7) is 5.16. The van der Waals surface area contributed by atoms with Gasteiger partial charge in [-0.2, -0.15) is 0 Å². The summed E-state index contributed by atoms with van der Waals surface area (Å²) in [6.07, 6.45) is 1.71. The van der Waals surface area contributed by atoms with Gasteiger partial charge in [-0.15, -0.1) is 0 Å². The maximum absolute atomic E-state index is 11.8. The van der Waals surface area contributed by atoms with Crippen LogP contribution in [0.5, 0.6) is 0 Å². The standard InChI is InChI=1S/C11H14BrN3O2S/c1-7(2)18(16,17)14-9-4-5-10-13-8(3)11(12)15(10)6-9/h4-7,14H,1-3H3. The number of hydrogen-bond acceptors (Lipinski definition) is 3. The highest BCUT2D eigenvalue weighted by Gasteiger charge is 2.16. The molecule has 7 heteroatoms. The lowest BCUT2D eigenvalue weighted by Crippen LogP contribution is -2.22. The van der Waals surface area contributed by atoms with E-state index in [1.165, 1.54) is 0 Å². The van der Waals surface area contributed by atoms with E-state index in [0.29, 0.717) is 5.69 Å². The summed E-state index contributed by atoms with van der Waals surface area (Å²) >= 11 is 3.42. The first kappa shape index (κ1) is 13.4. The molecule has 2 aromatic heterocycles. The maximum atomic E-state index is 11.8. The third-order valence-corrected chi connectivity index (χ3v) is 5.32. The SMILES string of the molecule is Cc1nc2ccc(NS(=O)(=O)C(C)C)cn2c1Br. The molecule has 0 aliphatic heterocycles. The van der Waals surface area contributed by atoms with Crippen LogP contribution in [0.25, 0.3) is 5.65 Å². The third kappa shape index (κ3) is 2.37. The van der Waals surface area contributed by atoms with E-state index in [-0.39, 0.29) is 0 Å². The van der Waals surface area contributed by atoms with E-state index < -0.39 is 15.3 Å². The van der Waals surface area contributed by atoms with Gasteiger partial charge in [0.25, 0.3) is 0 Å². The number of nitrogens with zero attached hydrogens (tertiary/aromatic N) is 2. The van der Waals surface area contributed by atoms with Crippen molar-refractivity contribution in [3.8, 4) is 0 Å². The first-order chi connectivity index (χ1) is 8.31. The molecule has 2 heterocycles. The van der Waals surface area contributed by atoms with Gasteiger partial charge in [-0.05, 0) is 48.8 Å². The van der Waals surface area contributed by atoms with E-state index in [4.69, 9.17) is 0 Å². The van der Waals surface area contributed by atoms with Crippen LogP contribution in [0.4, 0.5) is 5.69 Å². The summed E-state index contributed by atoms with van der Waals surface area (Å²) < 4.78 is 28.7. The van der Waals surface area contributed by atoms with Gasteiger partial charge in [-0.1, -0.05) is 0 Å². The van der Waals surface area contributed by atoms with Gasteiger partial charge < -0.3 is 0 Å². The molecule has 0 radical (unpaired) electrons. The molecule has 5 nitrogen and oxygen atoms in total. The van der Waals surface area contributed by atoms with Crippen LogP contribution >= 0.6 is 15.9 Å². The summed E-state index contributed by atoms with van der Waals surface area (Å²) in [7, 11) is -3.32. The molecule has 0 amide bonds.